The number of fused-ring (bicyclic) bond motifs is 1. The normalized spacial score (nSPS) is 12.8. The van der Waals surface area contributed by atoms with Gasteiger partial charge in [-0.15, -0.1) is 0 Å². The minimum Gasteiger partial charge on any atom is -0.507 e. The highest BCUT2D eigenvalue weighted by atomic mass is 16.3. The molecule has 1 heterocycles. The van der Waals surface area contributed by atoms with Crippen molar-refractivity contribution in [2.75, 3.05) is 5.32 Å². The molecule has 3 N–H and O–H groups in total. The first kappa shape index (κ1) is 13.8. The van der Waals surface area contributed by atoms with Crippen molar-refractivity contribution in [3.8, 4) is 5.75 Å². The van der Waals surface area contributed by atoms with Crippen LogP contribution < -0.4 is 10.6 Å². The van der Waals surface area contributed by atoms with Gasteiger partial charge in [0.2, 0.25) is 0 Å². The third kappa shape index (κ3) is 2.31. The Bertz CT molecular complexity index is 827. The molecule has 0 unspecified atom stereocenters. The van der Waals surface area contributed by atoms with Crippen LogP contribution in [0.25, 0.3) is 0 Å². The predicted molar refractivity (Wildman–Crippen MR) is 79.0 cm³/mol. The van der Waals surface area contributed by atoms with Crippen LogP contribution in [0.5, 0.6) is 5.75 Å². The van der Waals surface area contributed by atoms with Gasteiger partial charge in [-0.05, 0) is 37.3 Å². The first-order valence-corrected chi connectivity index (χ1v) is 6.56. The molecule has 3 rings (SSSR count). The first-order chi connectivity index (χ1) is 10.5. The average Bonchev–Trinajstić information content (AvgIpc) is 2.76. The molecule has 6 nitrogen and oxygen atoms in total. The third-order valence-corrected chi connectivity index (χ3v) is 3.39. The van der Waals surface area contributed by atoms with Crippen molar-refractivity contribution < 1.29 is 19.5 Å². The lowest BCUT2D eigenvalue weighted by atomic mass is 10.1. The molecule has 6 heteroatoms. The molecule has 22 heavy (non-hydrogen) atoms. The summed E-state index contributed by atoms with van der Waals surface area (Å²) in [6, 6.07) is 9.13. The number of rotatable bonds is 2. The van der Waals surface area contributed by atoms with Crippen molar-refractivity contribution in [1.29, 1.82) is 0 Å². The molecule has 0 aliphatic carbocycles. The van der Waals surface area contributed by atoms with Crippen LogP contribution in [0.4, 0.5) is 5.69 Å². The maximum absolute atomic E-state index is 12.2. The Balaban J connectivity index is 1.89. The molecule has 0 saturated carbocycles. The fourth-order valence-corrected chi connectivity index (χ4v) is 2.28. The number of carbonyl (C=O) groups excluding carboxylic acids is 3. The highest BCUT2D eigenvalue weighted by molar-refractivity contribution is 6.22. The Labute approximate surface area is 125 Å². The number of nitrogens with one attached hydrogen (secondary N) is 2. The second-order valence-electron chi connectivity index (χ2n) is 5.02. The Morgan fingerprint density at radius 2 is 1.77 bits per heavy atom. The summed E-state index contributed by atoms with van der Waals surface area (Å²) in [6.45, 7) is 1.81. The molecule has 2 aromatic carbocycles. The molecule has 110 valence electrons. The van der Waals surface area contributed by atoms with Gasteiger partial charge < -0.3 is 10.4 Å². The van der Waals surface area contributed by atoms with Gasteiger partial charge >= 0.3 is 0 Å². The lowest BCUT2D eigenvalue weighted by Crippen LogP contribution is -2.19. The van der Waals surface area contributed by atoms with Gasteiger partial charge in [-0.1, -0.05) is 11.6 Å². The second kappa shape index (κ2) is 5.00. The lowest BCUT2D eigenvalue weighted by molar-refractivity contribution is 0.0878. The fraction of sp³-hybridized carbons (Fsp3) is 0.0625. The number of imide groups is 1. The van der Waals surface area contributed by atoms with E-state index in [0.717, 1.165) is 5.56 Å². The smallest absolute Gasteiger partial charge is 0.259 e. The van der Waals surface area contributed by atoms with Crippen molar-refractivity contribution >= 4 is 23.4 Å². The van der Waals surface area contributed by atoms with Gasteiger partial charge in [0, 0.05) is 5.69 Å². The summed E-state index contributed by atoms with van der Waals surface area (Å²) >= 11 is 0. The van der Waals surface area contributed by atoms with Crippen LogP contribution in [-0.2, 0) is 0 Å². The van der Waals surface area contributed by atoms with Gasteiger partial charge in [-0.2, -0.15) is 0 Å². The van der Waals surface area contributed by atoms with Gasteiger partial charge in [0.05, 0.1) is 16.7 Å². The van der Waals surface area contributed by atoms with E-state index in [-0.39, 0.29) is 22.4 Å². The second-order valence-corrected chi connectivity index (χ2v) is 5.02. The van der Waals surface area contributed by atoms with E-state index in [0.29, 0.717) is 5.69 Å². The highest BCUT2D eigenvalue weighted by Crippen LogP contribution is 2.23. The van der Waals surface area contributed by atoms with Gasteiger partial charge in [-0.3, -0.25) is 19.7 Å². The zero-order valence-electron chi connectivity index (χ0n) is 11.6. The maximum Gasteiger partial charge on any atom is 0.259 e. The monoisotopic (exact) mass is 296 g/mol. The number of hydrogen-bond donors (Lipinski definition) is 3. The largest absolute Gasteiger partial charge is 0.507 e. The zero-order valence-corrected chi connectivity index (χ0v) is 11.6. The van der Waals surface area contributed by atoms with Gasteiger partial charge in [0.1, 0.15) is 5.75 Å². The summed E-state index contributed by atoms with van der Waals surface area (Å²) in [4.78, 5) is 35.3. The Morgan fingerprint density at radius 1 is 1.05 bits per heavy atom. The number of carbonyl (C=O) groups is 3. The molecule has 0 aromatic heterocycles. The van der Waals surface area contributed by atoms with Crippen molar-refractivity contribution in [2.24, 2.45) is 0 Å². The number of hydrogen-bond acceptors (Lipinski definition) is 4. The number of aryl methyl sites for hydroxylation is 1. The quantitative estimate of drug-likeness (QED) is 0.737. The molecule has 0 spiro atoms. The zero-order chi connectivity index (χ0) is 15.9. The molecule has 1 aliphatic heterocycles. The molecule has 0 radical (unpaired) electrons. The van der Waals surface area contributed by atoms with Crippen LogP contribution in [0.1, 0.15) is 36.6 Å². The molecular formula is C16H12N2O4. The Morgan fingerprint density at radius 3 is 2.55 bits per heavy atom. The predicted octanol–water partition coefficient (Wildman–Crippen LogP) is 1.84. The number of benzene rings is 2. The molecule has 2 aromatic rings. The highest BCUT2D eigenvalue weighted by Gasteiger charge is 2.26. The van der Waals surface area contributed by atoms with Crippen LogP contribution in [0.3, 0.4) is 0 Å². The van der Waals surface area contributed by atoms with Crippen molar-refractivity contribution in [1.82, 2.24) is 5.32 Å². The van der Waals surface area contributed by atoms with E-state index in [1.54, 1.807) is 12.1 Å². The van der Waals surface area contributed by atoms with Gasteiger partial charge in [0.15, 0.2) is 0 Å². The number of anilines is 1. The molecule has 0 fully saturated rings. The van der Waals surface area contributed by atoms with E-state index >= 15 is 0 Å². The molecular weight excluding hydrogens is 284 g/mol. The van der Waals surface area contributed by atoms with Crippen molar-refractivity contribution in [2.45, 2.75) is 6.92 Å². The third-order valence-electron chi connectivity index (χ3n) is 3.39. The topological polar surface area (TPSA) is 95.5 Å². The molecule has 0 saturated heterocycles. The molecule has 3 amide bonds. The van der Waals surface area contributed by atoms with E-state index < -0.39 is 17.7 Å². The van der Waals surface area contributed by atoms with Crippen molar-refractivity contribution in [3.63, 3.8) is 0 Å². The number of aromatic hydroxyl groups is 1. The first-order valence-electron chi connectivity index (χ1n) is 6.56. The molecule has 0 bridgehead atoms. The van der Waals surface area contributed by atoms with Crippen LogP contribution in [-0.4, -0.2) is 22.8 Å². The van der Waals surface area contributed by atoms with Crippen LogP contribution in [0.15, 0.2) is 36.4 Å². The molecule has 1 aliphatic rings. The van der Waals surface area contributed by atoms with Crippen LogP contribution in [0, 0.1) is 6.92 Å². The van der Waals surface area contributed by atoms with E-state index in [2.05, 4.69) is 10.6 Å². The summed E-state index contributed by atoms with van der Waals surface area (Å²) in [5.74, 6) is -1.56. The van der Waals surface area contributed by atoms with E-state index in [4.69, 9.17) is 0 Å². The van der Waals surface area contributed by atoms with Crippen molar-refractivity contribution in [3.05, 3.63) is 58.7 Å². The van der Waals surface area contributed by atoms with E-state index in [1.807, 2.05) is 6.92 Å². The standard InChI is InChI=1S/C16H12N2O4/c1-8-2-5-13(19)12(6-8)16(22)17-9-3-4-10-11(7-9)15(21)18-14(10)20/h2-7,19H,1H3,(H,17,22)(H,18,20,21). The lowest BCUT2D eigenvalue weighted by Gasteiger charge is -2.08. The number of phenols is 1. The summed E-state index contributed by atoms with van der Waals surface area (Å²) in [6.07, 6.45) is 0. The maximum atomic E-state index is 12.2. The summed E-state index contributed by atoms with van der Waals surface area (Å²) in [5, 5.41) is 14.5. The Hall–Kier alpha value is -3.15. The summed E-state index contributed by atoms with van der Waals surface area (Å²) in [5.41, 5.74) is 1.84. The van der Waals surface area contributed by atoms with Crippen LogP contribution >= 0.6 is 0 Å². The SMILES string of the molecule is Cc1ccc(O)c(C(=O)Nc2ccc3c(c2)C(=O)NC3=O)c1. The number of phenolic OH excluding ortho intramolecular Hbond substituents is 1. The van der Waals surface area contributed by atoms with E-state index in [9.17, 15) is 19.5 Å². The summed E-state index contributed by atoms with van der Waals surface area (Å²) in [7, 11) is 0. The average molecular weight is 296 g/mol. The van der Waals surface area contributed by atoms with E-state index in [1.165, 1.54) is 24.3 Å². The minimum absolute atomic E-state index is 0.128. The minimum atomic E-state index is -0.495. The summed E-state index contributed by atoms with van der Waals surface area (Å²) < 4.78 is 0. The van der Waals surface area contributed by atoms with Gasteiger partial charge in [-0.25, -0.2) is 0 Å². The van der Waals surface area contributed by atoms with Crippen LogP contribution in [0.2, 0.25) is 0 Å². The Kier molecular flexibility index (Phi) is 3.14. The van der Waals surface area contributed by atoms with Gasteiger partial charge in [0.25, 0.3) is 17.7 Å². The number of amides is 3. The molecule has 0 atom stereocenters. The fourth-order valence-electron chi connectivity index (χ4n) is 2.28.